The summed E-state index contributed by atoms with van der Waals surface area (Å²) in [7, 11) is 0. The Morgan fingerprint density at radius 2 is 2.10 bits per heavy atom. The summed E-state index contributed by atoms with van der Waals surface area (Å²) in [5.41, 5.74) is 1.45. The van der Waals surface area contributed by atoms with Crippen molar-refractivity contribution in [3.8, 4) is 0 Å². The van der Waals surface area contributed by atoms with E-state index >= 15 is 0 Å². The van der Waals surface area contributed by atoms with Crippen molar-refractivity contribution in [3.63, 3.8) is 0 Å². The van der Waals surface area contributed by atoms with Crippen LogP contribution in [0.1, 0.15) is 42.5 Å². The number of aryl methyl sites for hydroxylation is 2. The molecule has 2 heterocycles. The first kappa shape index (κ1) is 12.8. The molecule has 3 nitrogen and oxygen atoms in total. The molecule has 5 heteroatoms. The molecule has 1 atom stereocenters. The number of hydrogen-bond acceptors (Lipinski definition) is 5. The van der Waals surface area contributed by atoms with Gasteiger partial charge in [-0.25, -0.2) is 9.97 Å². The highest BCUT2D eigenvalue weighted by Crippen LogP contribution is 2.42. The summed E-state index contributed by atoms with van der Waals surface area (Å²) in [6, 6.07) is 0. The molecule has 104 valence electrons. The first-order chi connectivity index (χ1) is 9.83. The summed E-state index contributed by atoms with van der Waals surface area (Å²) in [6.07, 6.45) is 9.21. The summed E-state index contributed by atoms with van der Waals surface area (Å²) >= 11 is 3.49. The first-order valence-electron chi connectivity index (χ1n) is 7.27. The molecule has 2 aliphatic rings. The Labute approximate surface area is 126 Å². The molecule has 4 rings (SSSR count). The van der Waals surface area contributed by atoms with Gasteiger partial charge in [0.1, 0.15) is 22.0 Å². The topological polar surface area (TPSA) is 42.9 Å². The lowest BCUT2D eigenvalue weighted by Gasteiger charge is -2.19. The van der Waals surface area contributed by atoms with Gasteiger partial charge in [-0.15, -0.1) is 11.3 Å². The van der Waals surface area contributed by atoms with Crippen molar-refractivity contribution in [2.75, 3.05) is 0 Å². The maximum atomic E-state index is 12.0. The van der Waals surface area contributed by atoms with Crippen molar-refractivity contribution >= 4 is 39.1 Å². The minimum atomic E-state index is 0.110. The number of rotatable bonds is 2. The van der Waals surface area contributed by atoms with Crippen molar-refractivity contribution in [2.45, 2.75) is 55.2 Å². The third kappa shape index (κ3) is 2.07. The molecule has 0 amide bonds. The molecule has 0 spiro atoms. The van der Waals surface area contributed by atoms with Gasteiger partial charge in [0.25, 0.3) is 0 Å². The van der Waals surface area contributed by atoms with Crippen LogP contribution in [-0.4, -0.2) is 21.0 Å². The fraction of sp³-hybridized carbons (Fsp3) is 0.533. The van der Waals surface area contributed by atoms with E-state index in [4.69, 9.17) is 0 Å². The molecule has 2 aromatic rings. The zero-order valence-corrected chi connectivity index (χ0v) is 12.9. The van der Waals surface area contributed by atoms with Gasteiger partial charge >= 0.3 is 0 Å². The van der Waals surface area contributed by atoms with Crippen LogP contribution in [0.4, 0.5) is 0 Å². The molecule has 1 fully saturated rings. The van der Waals surface area contributed by atoms with Crippen LogP contribution >= 0.6 is 23.1 Å². The van der Waals surface area contributed by atoms with Crippen LogP contribution in [0.2, 0.25) is 0 Å². The standard InChI is InChI=1S/C15H16N2OS2/c18-10-5-1-2-6-12(10)20-15-13-9-4-3-7-11(9)19-14(13)16-8-17-15/h8,12H,1-7H2. The lowest BCUT2D eigenvalue weighted by atomic mass is 9.99. The summed E-state index contributed by atoms with van der Waals surface area (Å²) in [6.45, 7) is 0. The fourth-order valence-corrected chi connectivity index (χ4v) is 5.74. The highest BCUT2D eigenvalue weighted by Gasteiger charge is 2.27. The van der Waals surface area contributed by atoms with Gasteiger partial charge in [-0.05, 0) is 37.7 Å². The van der Waals surface area contributed by atoms with Crippen LogP contribution in [0.15, 0.2) is 11.4 Å². The Morgan fingerprint density at radius 3 is 3.00 bits per heavy atom. The Morgan fingerprint density at radius 1 is 1.15 bits per heavy atom. The number of aromatic nitrogens is 2. The molecule has 0 aliphatic heterocycles. The van der Waals surface area contributed by atoms with Crippen LogP contribution in [0.5, 0.6) is 0 Å². The lowest BCUT2D eigenvalue weighted by molar-refractivity contribution is -0.119. The van der Waals surface area contributed by atoms with Gasteiger partial charge in [-0.2, -0.15) is 0 Å². The third-order valence-electron chi connectivity index (χ3n) is 4.22. The quantitative estimate of drug-likeness (QED) is 0.792. The summed E-state index contributed by atoms with van der Waals surface area (Å²) in [4.78, 5) is 23.6. The van der Waals surface area contributed by atoms with Crippen molar-refractivity contribution in [3.05, 3.63) is 16.8 Å². The monoisotopic (exact) mass is 304 g/mol. The summed E-state index contributed by atoms with van der Waals surface area (Å²) < 4.78 is 0. The fourth-order valence-electron chi connectivity index (χ4n) is 3.20. The minimum Gasteiger partial charge on any atom is -0.298 e. The van der Waals surface area contributed by atoms with Crippen LogP contribution in [0.3, 0.4) is 0 Å². The van der Waals surface area contributed by atoms with E-state index < -0.39 is 0 Å². The molecule has 0 aromatic carbocycles. The molecule has 0 N–H and O–H groups in total. The van der Waals surface area contributed by atoms with E-state index in [0.717, 1.165) is 35.5 Å². The van der Waals surface area contributed by atoms with E-state index in [1.54, 1.807) is 18.1 Å². The largest absolute Gasteiger partial charge is 0.298 e. The number of thiophene rings is 1. The molecule has 2 aliphatic carbocycles. The molecule has 0 bridgehead atoms. The number of thioether (sulfide) groups is 1. The first-order valence-corrected chi connectivity index (χ1v) is 8.97. The zero-order valence-electron chi connectivity index (χ0n) is 11.2. The van der Waals surface area contributed by atoms with Crippen molar-refractivity contribution in [1.29, 1.82) is 0 Å². The Balaban J connectivity index is 1.74. The summed E-state index contributed by atoms with van der Waals surface area (Å²) in [5, 5.41) is 2.39. The molecule has 1 unspecified atom stereocenters. The number of carbonyl (C=O) groups excluding carboxylic acids is 1. The maximum absolute atomic E-state index is 12.0. The number of fused-ring (bicyclic) bond motifs is 3. The highest BCUT2D eigenvalue weighted by atomic mass is 32.2. The van der Waals surface area contributed by atoms with E-state index in [-0.39, 0.29) is 5.25 Å². The van der Waals surface area contributed by atoms with E-state index in [9.17, 15) is 4.79 Å². The zero-order chi connectivity index (χ0) is 13.5. The molecule has 0 radical (unpaired) electrons. The molecule has 2 aromatic heterocycles. The van der Waals surface area contributed by atoms with E-state index in [2.05, 4.69) is 9.97 Å². The Kier molecular flexibility index (Phi) is 3.27. The smallest absolute Gasteiger partial charge is 0.146 e. The van der Waals surface area contributed by atoms with Gasteiger partial charge in [0, 0.05) is 16.7 Å². The predicted molar refractivity (Wildman–Crippen MR) is 82.6 cm³/mol. The van der Waals surface area contributed by atoms with Crippen LogP contribution in [0, 0.1) is 0 Å². The second-order valence-electron chi connectivity index (χ2n) is 5.53. The number of carbonyl (C=O) groups is 1. The molecule has 1 saturated carbocycles. The molecular formula is C15H16N2OS2. The number of ketones is 1. The van der Waals surface area contributed by atoms with Crippen molar-refractivity contribution < 1.29 is 4.79 Å². The maximum Gasteiger partial charge on any atom is 0.146 e. The number of nitrogens with zero attached hydrogens (tertiary/aromatic N) is 2. The molecule has 20 heavy (non-hydrogen) atoms. The van der Waals surface area contributed by atoms with E-state index in [0.29, 0.717) is 5.78 Å². The predicted octanol–water partition coefficient (Wildman–Crippen LogP) is 3.78. The minimum absolute atomic E-state index is 0.110. The lowest BCUT2D eigenvalue weighted by Crippen LogP contribution is -2.21. The van der Waals surface area contributed by atoms with E-state index in [1.807, 2.05) is 11.3 Å². The van der Waals surface area contributed by atoms with Gasteiger partial charge in [-0.1, -0.05) is 18.2 Å². The second kappa shape index (κ2) is 5.11. The van der Waals surface area contributed by atoms with Gasteiger partial charge in [0.05, 0.1) is 5.25 Å². The van der Waals surface area contributed by atoms with Gasteiger partial charge in [0.15, 0.2) is 0 Å². The Bertz CT molecular complexity index is 680. The Hall–Kier alpha value is -0.940. The summed E-state index contributed by atoms with van der Waals surface area (Å²) in [5.74, 6) is 0.403. The average Bonchev–Trinajstić information content (AvgIpc) is 3.02. The normalized spacial score (nSPS) is 22.4. The van der Waals surface area contributed by atoms with Gasteiger partial charge in [-0.3, -0.25) is 4.79 Å². The van der Waals surface area contributed by atoms with Gasteiger partial charge < -0.3 is 0 Å². The number of Topliss-reactive ketones (excluding diaryl/α,β-unsaturated/α-hetero) is 1. The van der Waals surface area contributed by atoms with Gasteiger partial charge in [0.2, 0.25) is 0 Å². The van der Waals surface area contributed by atoms with Crippen LogP contribution in [0.25, 0.3) is 10.2 Å². The van der Waals surface area contributed by atoms with E-state index in [1.165, 1.54) is 35.1 Å². The van der Waals surface area contributed by atoms with Crippen molar-refractivity contribution in [1.82, 2.24) is 9.97 Å². The van der Waals surface area contributed by atoms with Crippen LogP contribution in [-0.2, 0) is 17.6 Å². The van der Waals surface area contributed by atoms with Crippen molar-refractivity contribution in [2.24, 2.45) is 0 Å². The second-order valence-corrected chi connectivity index (χ2v) is 7.81. The highest BCUT2D eigenvalue weighted by molar-refractivity contribution is 8.00. The molecular weight excluding hydrogens is 288 g/mol. The SMILES string of the molecule is O=C1CCCCC1Sc1ncnc2sc3c(c12)CCC3. The van der Waals surface area contributed by atoms with Crippen LogP contribution < -0.4 is 0 Å². The average molecular weight is 304 g/mol. The third-order valence-corrected chi connectivity index (χ3v) is 6.73. The molecule has 0 saturated heterocycles. The number of hydrogen-bond donors (Lipinski definition) is 0.